The van der Waals surface area contributed by atoms with Crippen LogP contribution in [0.3, 0.4) is 0 Å². The Morgan fingerprint density at radius 2 is 1.85 bits per heavy atom. The van der Waals surface area contributed by atoms with E-state index in [1.807, 2.05) is 17.0 Å². The third-order valence-electron chi connectivity index (χ3n) is 7.24. The molecule has 144 valence electrons. The van der Waals surface area contributed by atoms with Crippen molar-refractivity contribution in [2.75, 3.05) is 32.8 Å². The fourth-order valence-corrected chi connectivity index (χ4v) is 5.38. The molecule has 6 nitrogen and oxygen atoms in total. The standard InChI is InChI=1S/C21H27N3O3/c25-18-1-4-21(14-24(18)11-15-2-7-22-8-3-15)5-9-23(10-6-21)20(26)19-16-12-27-13-17(16)19/h2-3,7-8,16-17,19H,1,4-6,9-14H2/t16-,17+,19?. The van der Waals surface area contributed by atoms with Gasteiger partial charge in [0.05, 0.1) is 13.2 Å². The lowest BCUT2D eigenvalue weighted by Gasteiger charge is -2.47. The molecule has 1 aromatic rings. The number of nitrogens with zero attached hydrogens (tertiary/aromatic N) is 3. The third-order valence-corrected chi connectivity index (χ3v) is 7.24. The molecular weight excluding hydrogens is 342 g/mol. The van der Waals surface area contributed by atoms with E-state index >= 15 is 0 Å². The number of ether oxygens (including phenoxy) is 1. The maximum atomic E-state index is 12.8. The Hall–Kier alpha value is -1.95. The smallest absolute Gasteiger partial charge is 0.226 e. The van der Waals surface area contributed by atoms with E-state index < -0.39 is 0 Å². The van der Waals surface area contributed by atoms with E-state index in [4.69, 9.17) is 4.74 Å². The molecule has 5 rings (SSSR count). The van der Waals surface area contributed by atoms with Crippen LogP contribution in [0, 0.1) is 23.2 Å². The van der Waals surface area contributed by atoms with Crippen LogP contribution in [-0.2, 0) is 20.9 Å². The van der Waals surface area contributed by atoms with Crippen LogP contribution < -0.4 is 0 Å². The number of rotatable bonds is 3. The number of aromatic nitrogens is 1. The number of carbonyl (C=O) groups is 2. The van der Waals surface area contributed by atoms with Crippen LogP contribution in [0.25, 0.3) is 0 Å². The number of hydrogen-bond acceptors (Lipinski definition) is 4. The van der Waals surface area contributed by atoms with Gasteiger partial charge in [-0.2, -0.15) is 0 Å². The summed E-state index contributed by atoms with van der Waals surface area (Å²) in [6.07, 6.45) is 7.17. The highest BCUT2D eigenvalue weighted by Crippen LogP contribution is 2.52. The summed E-state index contributed by atoms with van der Waals surface area (Å²) in [6, 6.07) is 3.96. The minimum absolute atomic E-state index is 0.181. The van der Waals surface area contributed by atoms with Crippen molar-refractivity contribution >= 4 is 11.8 Å². The van der Waals surface area contributed by atoms with Crippen LogP contribution in [0.5, 0.6) is 0 Å². The van der Waals surface area contributed by atoms with Crippen molar-refractivity contribution in [3.8, 4) is 0 Å². The summed E-state index contributed by atoms with van der Waals surface area (Å²) in [5.74, 6) is 1.79. The molecule has 4 fully saturated rings. The molecule has 3 aliphatic heterocycles. The second-order valence-corrected chi connectivity index (χ2v) is 8.82. The molecule has 27 heavy (non-hydrogen) atoms. The fourth-order valence-electron chi connectivity index (χ4n) is 5.38. The lowest BCUT2D eigenvalue weighted by Crippen LogP contribution is -2.52. The van der Waals surface area contributed by atoms with E-state index in [2.05, 4.69) is 9.88 Å². The molecule has 3 atom stereocenters. The number of amides is 2. The first-order valence-electron chi connectivity index (χ1n) is 10.2. The molecular formula is C21H27N3O3. The van der Waals surface area contributed by atoms with E-state index in [9.17, 15) is 9.59 Å². The third kappa shape index (κ3) is 3.14. The van der Waals surface area contributed by atoms with Crippen LogP contribution in [0.15, 0.2) is 24.5 Å². The molecule has 1 spiro atoms. The molecule has 1 aliphatic carbocycles. The van der Waals surface area contributed by atoms with Crippen molar-refractivity contribution in [3.63, 3.8) is 0 Å². The Balaban J connectivity index is 1.20. The van der Waals surface area contributed by atoms with Gasteiger partial charge in [0, 0.05) is 50.9 Å². The second kappa shape index (κ2) is 6.59. The van der Waals surface area contributed by atoms with Crippen molar-refractivity contribution in [2.45, 2.75) is 32.2 Å². The number of likely N-dealkylation sites (tertiary alicyclic amines) is 2. The van der Waals surface area contributed by atoms with E-state index in [1.54, 1.807) is 12.4 Å². The number of carbonyl (C=O) groups excluding carboxylic acids is 2. The lowest BCUT2D eigenvalue weighted by molar-refractivity contribution is -0.144. The van der Waals surface area contributed by atoms with Crippen LogP contribution in [0.4, 0.5) is 0 Å². The van der Waals surface area contributed by atoms with E-state index in [-0.39, 0.29) is 17.2 Å². The van der Waals surface area contributed by atoms with E-state index in [0.29, 0.717) is 30.7 Å². The summed E-state index contributed by atoms with van der Waals surface area (Å²) in [5, 5.41) is 0. The highest BCUT2D eigenvalue weighted by molar-refractivity contribution is 5.83. The van der Waals surface area contributed by atoms with Crippen LogP contribution in [0.2, 0.25) is 0 Å². The Morgan fingerprint density at radius 3 is 2.56 bits per heavy atom. The number of piperidine rings is 2. The summed E-state index contributed by atoms with van der Waals surface area (Å²) < 4.78 is 5.42. The Labute approximate surface area is 159 Å². The lowest BCUT2D eigenvalue weighted by atomic mass is 9.72. The fraction of sp³-hybridized carbons (Fsp3) is 0.667. The molecule has 4 aliphatic rings. The van der Waals surface area contributed by atoms with Gasteiger partial charge in [-0.3, -0.25) is 14.6 Å². The topological polar surface area (TPSA) is 62.7 Å². The van der Waals surface area contributed by atoms with E-state index in [0.717, 1.165) is 57.7 Å². The van der Waals surface area contributed by atoms with Gasteiger partial charge < -0.3 is 14.5 Å². The molecule has 0 radical (unpaired) electrons. The maximum absolute atomic E-state index is 12.8. The molecule has 0 aromatic carbocycles. The summed E-state index contributed by atoms with van der Waals surface area (Å²) in [7, 11) is 0. The van der Waals surface area contributed by atoms with Gasteiger partial charge in [0.25, 0.3) is 0 Å². The highest BCUT2D eigenvalue weighted by Gasteiger charge is 2.59. The monoisotopic (exact) mass is 369 g/mol. The van der Waals surface area contributed by atoms with Gasteiger partial charge in [0.1, 0.15) is 0 Å². The minimum Gasteiger partial charge on any atom is -0.381 e. The van der Waals surface area contributed by atoms with Gasteiger partial charge in [-0.25, -0.2) is 0 Å². The van der Waals surface area contributed by atoms with Crippen molar-refractivity contribution in [1.82, 2.24) is 14.8 Å². The molecule has 2 amide bonds. The van der Waals surface area contributed by atoms with Gasteiger partial charge in [-0.1, -0.05) is 0 Å². The minimum atomic E-state index is 0.181. The largest absolute Gasteiger partial charge is 0.381 e. The number of pyridine rings is 1. The van der Waals surface area contributed by atoms with Gasteiger partial charge in [0.2, 0.25) is 11.8 Å². The van der Waals surface area contributed by atoms with Crippen molar-refractivity contribution in [2.24, 2.45) is 23.2 Å². The predicted octanol–water partition coefficient (Wildman–Crippen LogP) is 1.71. The van der Waals surface area contributed by atoms with Crippen LogP contribution in [0.1, 0.15) is 31.2 Å². The summed E-state index contributed by atoms with van der Waals surface area (Å²) in [6.45, 7) is 4.70. The summed E-state index contributed by atoms with van der Waals surface area (Å²) >= 11 is 0. The van der Waals surface area contributed by atoms with E-state index in [1.165, 1.54) is 0 Å². The molecule has 0 bridgehead atoms. The number of fused-ring (bicyclic) bond motifs is 1. The normalized spacial score (nSPS) is 31.9. The Morgan fingerprint density at radius 1 is 1.15 bits per heavy atom. The molecule has 4 heterocycles. The van der Waals surface area contributed by atoms with Gasteiger partial charge in [-0.05, 0) is 54.2 Å². The molecule has 0 N–H and O–H groups in total. The molecule has 1 unspecified atom stereocenters. The summed E-state index contributed by atoms with van der Waals surface area (Å²) in [4.78, 5) is 33.4. The van der Waals surface area contributed by atoms with Gasteiger partial charge in [-0.15, -0.1) is 0 Å². The highest BCUT2D eigenvalue weighted by atomic mass is 16.5. The average Bonchev–Trinajstić information content (AvgIpc) is 3.17. The van der Waals surface area contributed by atoms with Crippen LogP contribution >= 0.6 is 0 Å². The number of hydrogen-bond donors (Lipinski definition) is 0. The molecule has 6 heteroatoms. The zero-order valence-corrected chi connectivity index (χ0v) is 15.7. The Kier molecular flexibility index (Phi) is 4.19. The summed E-state index contributed by atoms with van der Waals surface area (Å²) in [5.41, 5.74) is 1.31. The molecule has 1 saturated carbocycles. The molecule has 3 saturated heterocycles. The first-order chi connectivity index (χ1) is 13.2. The van der Waals surface area contributed by atoms with Crippen molar-refractivity contribution in [1.29, 1.82) is 0 Å². The maximum Gasteiger partial charge on any atom is 0.226 e. The van der Waals surface area contributed by atoms with Crippen molar-refractivity contribution in [3.05, 3.63) is 30.1 Å². The van der Waals surface area contributed by atoms with Crippen LogP contribution in [-0.4, -0.2) is 59.4 Å². The first kappa shape index (κ1) is 17.2. The first-order valence-corrected chi connectivity index (χ1v) is 10.2. The van der Waals surface area contributed by atoms with Crippen molar-refractivity contribution < 1.29 is 14.3 Å². The molecule has 1 aromatic heterocycles. The SMILES string of the molecule is O=C1CCC2(CCN(C(=O)C3[C@H]4COC[C@@H]34)CC2)CN1Cc1ccncc1. The Bertz CT molecular complexity index is 719. The predicted molar refractivity (Wildman–Crippen MR) is 98.4 cm³/mol. The van der Waals surface area contributed by atoms with Gasteiger partial charge >= 0.3 is 0 Å². The average molecular weight is 369 g/mol. The zero-order chi connectivity index (χ0) is 18.4. The zero-order valence-electron chi connectivity index (χ0n) is 15.7. The van der Waals surface area contributed by atoms with Gasteiger partial charge in [0.15, 0.2) is 0 Å². The second-order valence-electron chi connectivity index (χ2n) is 8.82. The quantitative estimate of drug-likeness (QED) is 0.814.